The first-order valence-electron chi connectivity index (χ1n) is 6.21. The van der Waals surface area contributed by atoms with Crippen molar-refractivity contribution in [3.8, 4) is 0 Å². The highest BCUT2D eigenvalue weighted by Gasteiger charge is 2.23. The Morgan fingerprint density at radius 3 is 2.80 bits per heavy atom. The summed E-state index contributed by atoms with van der Waals surface area (Å²) in [5.74, 6) is -1.08. The van der Waals surface area contributed by atoms with E-state index in [2.05, 4.69) is 5.32 Å². The van der Waals surface area contributed by atoms with E-state index in [1.165, 1.54) is 6.07 Å². The predicted octanol–water partition coefficient (Wildman–Crippen LogP) is 2.52. The molecule has 1 aromatic carbocycles. The summed E-state index contributed by atoms with van der Waals surface area (Å²) in [5.41, 5.74) is 0.537. The van der Waals surface area contributed by atoms with Gasteiger partial charge < -0.3 is 14.8 Å². The molecule has 1 aliphatic rings. The number of carbonyl (C=O) groups is 2. The molecule has 2 rings (SSSR count). The van der Waals surface area contributed by atoms with Gasteiger partial charge in [0.15, 0.2) is 0 Å². The molecule has 0 fully saturated rings. The average Bonchev–Trinajstić information content (AvgIpc) is 2.66. The van der Waals surface area contributed by atoms with E-state index in [9.17, 15) is 14.0 Å². The Balaban J connectivity index is 2.04. The lowest BCUT2D eigenvalue weighted by molar-refractivity contribution is 0.0518. The molecule has 20 heavy (non-hydrogen) atoms. The zero-order valence-corrected chi connectivity index (χ0v) is 11.6. The minimum absolute atomic E-state index is 0.0117. The predicted molar refractivity (Wildman–Crippen MR) is 68.6 cm³/mol. The van der Waals surface area contributed by atoms with Crippen molar-refractivity contribution in [2.24, 2.45) is 0 Å². The second kappa shape index (κ2) is 5.11. The molecule has 1 amide bonds. The Morgan fingerprint density at radius 2 is 2.15 bits per heavy atom. The van der Waals surface area contributed by atoms with Crippen LogP contribution in [0, 0.1) is 5.82 Å². The van der Waals surface area contributed by atoms with E-state index < -0.39 is 23.5 Å². The fourth-order valence-electron chi connectivity index (χ4n) is 1.82. The van der Waals surface area contributed by atoms with E-state index in [0.717, 1.165) is 6.07 Å². The highest BCUT2D eigenvalue weighted by atomic mass is 19.1. The molecule has 0 spiro atoms. The summed E-state index contributed by atoms with van der Waals surface area (Å²) in [6.45, 7) is 5.35. The van der Waals surface area contributed by atoms with Gasteiger partial charge in [0.2, 0.25) is 0 Å². The lowest BCUT2D eigenvalue weighted by atomic mass is 10.1. The number of hydrogen-bond acceptors (Lipinski definition) is 4. The minimum Gasteiger partial charge on any atom is -0.457 e. The van der Waals surface area contributed by atoms with Crippen LogP contribution in [0.3, 0.4) is 0 Å². The number of ether oxygens (including phenoxy) is 2. The van der Waals surface area contributed by atoms with E-state index in [-0.39, 0.29) is 24.3 Å². The number of carbonyl (C=O) groups excluding carboxylic acids is 2. The average molecular weight is 281 g/mol. The van der Waals surface area contributed by atoms with Crippen LogP contribution in [0.25, 0.3) is 0 Å². The number of alkyl carbamates (subject to hydrolysis) is 1. The maximum atomic E-state index is 13.8. The number of hydrogen-bond donors (Lipinski definition) is 1. The third kappa shape index (κ3) is 3.26. The molecule has 0 aromatic heterocycles. The fraction of sp³-hybridized carbons (Fsp3) is 0.429. The molecule has 1 aromatic rings. The molecule has 0 atom stereocenters. The number of rotatable bonds is 2. The first-order chi connectivity index (χ1) is 9.26. The lowest BCUT2D eigenvalue weighted by Crippen LogP contribution is -2.32. The summed E-state index contributed by atoms with van der Waals surface area (Å²) >= 11 is 0. The van der Waals surface area contributed by atoms with Crippen LogP contribution in [0.2, 0.25) is 0 Å². The van der Waals surface area contributed by atoms with Gasteiger partial charge in [-0.3, -0.25) is 0 Å². The Kier molecular flexibility index (Phi) is 3.65. The summed E-state index contributed by atoms with van der Waals surface area (Å²) in [6.07, 6.45) is -0.621. The van der Waals surface area contributed by atoms with Crippen molar-refractivity contribution in [3.63, 3.8) is 0 Å². The molecule has 0 saturated heterocycles. The first kappa shape index (κ1) is 14.3. The Labute approximate surface area is 116 Å². The third-order valence-electron chi connectivity index (χ3n) is 2.67. The van der Waals surface area contributed by atoms with Crippen molar-refractivity contribution in [2.75, 3.05) is 0 Å². The number of fused-ring (bicyclic) bond motifs is 1. The quantitative estimate of drug-likeness (QED) is 0.846. The number of esters is 1. The van der Waals surface area contributed by atoms with Crippen LogP contribution in [-0.2, 0) is 22.6 Å². The van der Waals surface area contributed by atoms with Crippen molar-refractivity contribution >= 4 is 12.1 Å². The maximum absolute atomic E-state index is 13.8. The Bertz CT molecular complexity index is 563. The SMILES string of the molecule is CC(C)(C)OC(=O)NCc1cc2c(cc1F)C(=O)OC2. The van der Waals surface area contributed by atoms with E-state index in [0.29, 0.717) is 5.56 Å². The van der Waals surface area contributed by atoms with E-state index >= 15 is 0 Å². The smallest absolute Gasteiger partial charge is 0.407 e. The van der Waals surface area contributed by atoms with Gasteiger partial charge in [-0.05, 0) is 32.9 Å². The van der Waals surface area contributed by atoms with E-state index in [1.807, 2.05) is 0 Å². The van der Waals surface area contributed by atoms with Crippen molar-refractivity contribution in [2.45, 2.75) is 39.5 Å². The zero-order valence-electron chi connectivity index (χ0n) is 11.6. The van der Waals surface area contributed by atoms with Crippen molar-refractivity contribution < 1.29 is 23.5 Å². The Hall–Kier alpha value is -2.11. The van der Waals surface area contributed by atoms with Gasteiger partial charge in [0, 0.05) is 17.7 Å². The highest BCUT2D eigenvalue weighted by molar-refractivity contribution is 5.93. The van der Waals surface area contributed by atoms with Gasteiger partial charge >= 0.3 is 12.1 Å². The van der Waals surface area contributed by atoms with Crippen LogP contribution >= 0.6 is 0 Å². The molecular formula is C14H16FNO4. The fourth-order valence-corrected chi connectivity index (χ4v) is 1.82. The molecule has 1 aliphatic heterocycles. The topological polar surface area (TPSA) is 64.6 Å². The van der Waals surface area contributed by atoms with Crippen molar-refractivity contribution in [1.82, 2.24) is 5.32 Å². The summed E-state index contributed by atoms with van der Waals surface area (Å²) in [6, 6.07) is 2.66. The molecule has 0 bridgehead atoms. The molecule has 0 saturated carbocycles. The number of amides is 1. The molecule has 6 heteroatoms. The van der Waals surface area contributed by atoms with Gasteiger partial charge in [-0.15, -0.1) is 0 Å². The molecule has 108 valence electrons. The van der Waals surface area contributed by atoms with Gasteiger partial charge in [0.25, 0.3) is 0 Å². The summed E-state index contributed by atoms with van der Waals surface area (Å²) < 4.78 is 23.7. The van der Waals surface area contributed by atoms with Crippen molar-refractivity contribution in [3.05, 3.63) is 34.6 Å². The monoisotopic (exact) mass is 281 g/mol. The van der Waals surface area contributed by atoms with Crippen LogP contribution in [0.1, 0.15) is 42.3 Å². The normalized spacial score (nSPS) is 13.7. The van der Waals surface area contributed by atoms with Crippen LogP contribution in [0.4, 0.5) is 9.18 Å². The van der Waals surface area contributed by atoms with E-state index in [1.54, 1.807) is 20.8 Å². The number of nitrogens with one attached hydrogen (secondary N) is 1. The van der Waals surface area contributed by atoms with Gasteiger partial charge in [0.1, 0.15) is 18.0 Å². The second-order valence-corrected chi connectivity index (χ2v) is 5.53. The molecule has 0 aliphatic carbocycles. The van der Waals surface area contributed by atoms with Crippen LogP contribution in [0.5, 0.6) is 0 Å². The van der Waals surface area contributed by atoms with E-state index in [4.69, 9.17) is 9.47 Å². The maximum Gasteiger partial charge on any atom is 0.407 e. The van der Waals surface area contributed by atoms with Gasteiger partial charge in [-0.1, -0.05) is 0 Å². The third-order valence-corrected chi connectivity index (χ3v) is 2.67. The minimum atomic E-state index is -0.621. The molecule has 0 unspecified atom stereocenters. The van der Waals surface area contributed by atoms with Gasteiger partial charge in [-0.25, -0.2) is 14.0 Å². The Morgan fingerprint density at radius 1 is 1.45 bits per heavy atom. The summed E-state index contributed by atoms with van der Waals surface area (Å²) in [4.78, 5) is 22.8. The molecule has 1 N–H and O–H groups in total. The number of cyclic esters (lactones) is 1. The zero-order chi connectivity index (χ0) is 14.9. The number of halogens is 1. The summed E-state index contributed by atoms with van der Waals surface area (Å²) in [7, 11) is 0. The van der Waals surface area contributed by atoms with Gasteiger partial charge in [-0.2, -0.15) is 0 Å². The summed E-state index contributed by atoms with van der Waals surface area (Å²) in [5, 5.41) is 2.47. The molecule has 5 nitrogen and oxygen atoms in total. The first-order valence-corrected chi connectivity index (χ1v) is 6.21. The molecular weight excluding hydrogens is 265 g/mol. The van der Waals surface area contributed by atoms with Crippen LogP contribution in [-0.4, -0.2) is 17.7 Å². The van der Waals surface area contributed by atoms with Gasteiger partial charge in [0.05, 0.1) is 5.56 Å². The van der Waals surface area contributed by atoms with Crippen LogP contribution < -0.4 is 5.32 Å². The highest BCUT2D eigenvalue weighted by Crippen LogP contribution is 2.23. The lowest BCUT2D eigenvalue weighted by Gasteiger charge is -2.19. The standard InChI is InChI=1S/C14H16FNO4/c1-14(2,3)20-13(18)16-6-8-4-9-7-19-12(17)10(9)5-11(8)15/h4-5H,6-7H2,1-3H3,(H,16,18). The molecule has 0 radical (unpaired) electrons. The van der Waals surface area contributed by atoms with Crippen molar-refractivity contribution in [1.29, 1.82) is 0 Å². The second-order valence-electron chi connectivity index (χ2n) is 5.53. The number of benzene rings is 1. The largest absolute Gasteiger partial charge is 0.457 e. The molecule has 1 heterocycles. The van der Waals surface area contributed by atoms with Crippen LogP contribution in [0.15, 0.2) is 12.1 Å².